The fraction of sp³-hybridized carbons (Fsp3) is 0.167. The van der Waals surface area contributed by atoms with Crippen LogP contribution in [0.4, 0.5) is 5.69 Å². The Morgan fingerprint density at radius 2 is 1.93 bits per heavy atom. The van der Waals surface area contributed by atoms with Crippen molar-refractivity contribution in [3.63, 3.8) is 0 Å². The summed E-state index contributed by atoms with van der Waals surface area (Å²) in [7, 11) is 2.06. The third-order valence-corrected chi connectivity index (χ3v) is 2.25. The quantitative estimate of drug-likeness (QED) is 0.763. The van der Waals surface area contributed by atoms with Crippen molar-refractivity contribution in [1.29, 1.82) is 0 Å². The van der Waals surface area contributed by atoms with Gasteiger partial charge in [0.15, 0.2) is 0 Å². The van der Waals surface area contributed by atoms with Crippen LogP contribution >= 0.6 is 0 Å². The summed E-state index contributed by atoms with van der Waals surface area (Å²) in [6.45, 7) is 0. The number of hydrogen-bond donors (Lipinski definition) is 1. The van der Waals surface area contributed by atoms with Gasteiger partial charge in [0.2, 0.25) is 0 Å². The maximum absolute atomic E-state index is 3.42. The van der Waals surface area contributed by atoms with Crippen LogP contribution in [0.3, 0.4) is 0 Å². The van der Waals surface area contributed by atoms with Gasteiger partial charge in [-0.3, -0.25) is 0 Å². The smallest absolute Gasteiger partial charge is 0.118 e. The van der Waals surface area contributed by atoms with Gasteiger partial charge >= 0.3 is 0 Å². The molecule has 0 fully saturated rings. The molecule has 1 aliphatic heterocycles. The predicted molar refractivity (Wildman–Crippen MR) is 59.9 cm³/mol. The Kier molecular flexibility index (Phi) is 2.54. The molecule has 0 aromatic heterocycles. The van der Waals surface area contributed by atoms with Gasteiger partial charge in [-0.25, -0.2) is 0 Å². The van der Waals surface area contributed by atoms with E-state index < -0.39 is 0 Å². The maximum Gasteiger partial charge on any atom is 0.118 e. The summed E-state index contributed by atoms with van der Waals surface area (Å²) in [5.41, 5.74) is 1.14. The SMILES string of the molecule is CN1C=CC=CC1Nc1ccccc1. The van der Waals surface area contributed by atoms with E-state index in [1.165, 1.54) is 0 Å². The van der Waals surface area contributed by atoms with Crippen LogP contribution in [0.25, 0.3) is 0 Å². The van der Waals surface area contributed by atoms with Crippen LogP contribution in [-0.2, 0) is 0 Å². The summed E-state index contributed by atoms with van der Waals surface area (Å²) in [6.07, 6.45) is 8.53. The number of para-hydroxylation sites is 1. The van der Waals surface area contributed by atoms with Crippen molar-refractivity contribution in [2.45, 2.75) is 6.17 Å². The summed E-state index contributed by atoms with van der Waals surface area (Å²) >= 11 is 0. The standard InChI is InChI=1S/C12H14N2/c1-14-10-6-5-9-12(14)13-11-7-3-2-4-8-11/h2-10,12-13H,1H3. The van der Waals surface area contributed by atoms with Crippen molar-refractivity contribution in [3.8, 4) is 0 Å². The zero-order valence-electron chi connectivity index (χ0n) is 8.22. The minimum Gasteiger partial charge on any atom is -0.362 e. The van der Waals surface area contributed by atoms with Crippen LogP contribution in [-0.4, -0.2) is 18.1 Å². The topological polar surface area (TPSA) is 15.3 Å². The van der Waals surface area contributed by atoms with Crippen LogP contribution in [0.1, 0.15) is 0 Å². The lowest BCUT2D eigenvalue weighted by Gasteiger charge is -2.27. The van der Waals surface area contributed by atoms with Gasteiger partial charge in [0, 0.05) is 18.9 Å². The van der Waals surface area contributed by atoms with Crippen molar-refractivity contribution in [2.75, 3.05) is 12.4 Å². The molecule has 14 heavy (non-hydrogen) atoms. The summed E-state index contributed by atoms with van der Waals surface area (Å²) in [5, 5.41) is 3.42. The highest BCUT2D eigenvalue weighted by molar-refractivity contribution is 5.44. The maximum atomic E-state index is 3.42. The molecule has 1 heterocycles. The van der Waals surface area contributed by atoms with E-state index in [9.17, 15) is 0 Å². The summed E-state index contributed by atoms with van der Waals surface area (Å²) in [5.74, 6) is 0. The number of hydrogen-bond acceptors (Lipinski definition) is 2. The molecule has 1 N–H and O–H groups in total. The Bertz CT molecular complexity index is 341. The van der Waals surface area contributed by atoms with E-state index in [0.717, 1.165) is 5.69 Å². The van der Waals surface area contributed by atoms with E-state index in [2.05, 4.69) is 47.7 Å². The van der Waals surface area contributed by atoms with Crippen LogP contribution in [0.2, 0.25) is 0 Å². The van der Waals surface area contributed by atoms with Crippen LogP contribution in [0.5, 0.6) is 0 Å². The highest BCUT2D eigenvalue weighted by Gasteiger charge is 2.08. The van der Waals surface area contributed by atoms with Gasteiger partial charge in [0.05, 0.1) is 0 Å². The first kappa shape index (κ1) is 8.88. The van der Waals surface area contributed by atoms with E-state index in [1.807, 2.05) is 24.3 Å². The van der Waals surface area contributed by atoms with Crippen molar-refractivity contribution >= 4 is 5.69 Å². The number of likely N-dealkylation sites (N-methyl/N-ethyl adjacent to an activating group) is 1. The molecule has 0 radical (unpaired) electrons. The Morgan fingerprint density at radius 1 is 1.14 bits per heavy atom. The van der Waals surface area contributed by atoms with Gasteiger partial charge in [-0.2, -0.15) is 0 Å². The number of nitrogens with zero attached hydrogens (tertiary/aromatic N) is 1. The van der Waals surface area contributed by atoms with E-state index in [-0.39, 0.29) is 6.17 Å². The van der Waals surface area contributed by atoms with Crippen molar-refractivity contribution in [1.82, 2.24) is 4.90 Å². The molecule has 0 saturated carbocycles. The summed E-state index contributed by atoms with van der Waals surface area (Å²) in [6, 6.07) is 10.2. The Morgan fingerprint density at radius 3 is 2.64 bits per heavy atom. The van der Waals surface area contributed by atoms with Gasteiger partial charge in [-0.15, -0.1) is 0 Å². The van der Waals surface area contributed by atoms with Gasteiger partial charge < -0.3 is 10.2 Å². The monoisotopic (exact) mass is 186 g/mol. The fourth-order valence-electron chi connectivity index (χ4n) is 1.44. The highest BCUT2D eigenvalue weighted by Crippen LogP contribution is 2.11. The largest absolute Gasteiger partial charge is 0.362 e. The second-order valence-electron chi connectivity index (χ2n) is 3.35. The number of benzene rings is 1. The van der Waals surface area contributed by atoms with E-state index >= 15 is 0 Å². The lowest BCUT2D eigenvalue weighted by molar-refractivity contribution is 0.412. The number of allylic oxidation sites excluding steroid dienone is 2. The molecule has 1 aromatic rings. The van der Waals surface area contributed by atoms with Crippen LogP contribution in [0.15, 0.2) is 54.8 Å². The molecule has 1 aliphatic rings. The molecule has 0 spiro atoms. The first-order valence-corrected chi connectivity index (χ1v) is 4.75. The third-order valence-electron chi connectivity index (χ3n) is 2.25. The lowest BCUT2D eigenvalue weighted by Crippen LogP contribution is -2.33. The average Bonchev–Trinajstić information content (AvgIpc) is 2.23. The Labute approximate surface area is 84.5 Å². The van der Waals surface area contributed by atoms with E-state index in [0.29, 0.717) is 0 Å². The molecule has 0 aliphatic carbocycles. The molecule has 72 valence electrons. The fourth-order valence-corrected chi connectivity index (χ4v) is 1.44. The van der Waals surface area contributed by atoms with E-state index in [1.54, 1.807) is 0 Å². The van der Waals surface area contributed by atoms with E-state index in [4.69, 9.17) is 0 Å². The van der Waals surface area contributed by atoms with Gasteiger partial charge in [-0.1, -0.05) is 24.3 Å². The average molecular weight is 186 g/mol. The minimum absolute atomic E-state index is 0.252. The van der Waals surface area contributed by atoms with Crippen LogP contribution < -0.4 is 5.32 Å². The van der Waals surface area contributed by atoms with Crippen molar-refractivity contribution in [2.24, 2.45) is 0 Å². The molecule has 0 saturated heterocycles. The summed E-state index contributed by atoms with van der Waals surface area (Å²) < 4.78 is 0. The molecule has 1 aromatic carbocycles. The molecule has 2 rings (SSSR count). The van der Waals surface area contributed by atoms with Gasteiger partial charge in [-0.05, 0) is 24.3 Å². The molecule has 0 amide bonds. The normalized spacial score (nSPS) is 19.8. The minimum atomic E-state index is 0.252. The number of anilines is 1. The van der Waals surface area contributed by atoms with Crippen molar-refractivity contribution < 1.29 is 0 Å². The van der Waals surface area contributed by atoms with Gasteiger partial charge in [0.1, 0.15) is 6.17 Å². The first-order chi connectivity index (χ1) is 6.86. The molecule has 1 atom stereocenters. The Balaban J connectivity index is 2.05. The molecular formula is C12H14N2. The molecular weight excluding hydrogens is 172 g/mol. The second kappa shape index (κ2) is 4.01. The molecule has 2 heteroatoms. The number of nitrogens with one attached hydrogen (secondary N) is 1. The summed E-state index contributed by atoms with van der Waals surface area (Å²) in [4.78, 5) is 2.13. The highest BCUT2D eigenvalue weighted by atomic mass is 15.2. The first-order valence-electron chi connectivity index (χ1n) is 4.75. The zero-order chi connectivity index (χ0) is 9.80. The van der Waals surface area contributed by atoms with Crippen molar-refractivity contribution in [3.05, 3.63) is 54.8 Å². The Hall–Kier alpha value is -1.70. The molecule has 1 unspecified atom stereocenters. The lowest BCUT2D eigenvalue weighted by atomic mass is 10.2. The van der Waals surface area contributed by atoms with Crippen LogP contribution in [0, 0.1) is 0 Å². The molecule has 2 nitrogen and oxygen atoms in total. The third kappa shape index (κ3) is 1.96. The van der Waals surface area contributed by atoms with Gasteiger partial charge in [0.25, 0.3) is 0 Å². The predicted octanol–water partition coefficient (Wildman–Crippen LogP) is 2.44. The zero-order valence-corrected chi connectivity index (χ0v) is 8.22. The molecule has 0 bridgehead atoms. The number of rotatable bonds is 2. The second-order valence-corrected chi connectivity index (χ2v) is 3.35.